The maximum absolute atomic E-state index is 13.2. The van der Waals surface area contributed by atoms with Crippen molar-refractivity contribution in [3.63, 3.8) is 0 Å². The number of hydrogen-bond donors (Lipinski definition) is 0. The minimum absolute atomic E-state index is 0.0420. The van der Waals surface area contributed by atoms with Crippen molar-refractivity contribution in [2.24, 2.45) is 5.41 Å². The van der Waals surface area contributed by atoms with Gasteiger partial charge in [0, 0.05) is 0 Å². The molecule has 0 saturated heterocycles. The van der Waals surface area contributed by atoms with Crippen LogP contribution in [0.25, 0.3) is 0 Å². The van der Waals surface area contributed by atoms with Gasteiger partial charge >= 0.3 is 36.4 Å². The maximum atomic E-state index is 13.2. The van der Waals surface area contributed by atoms with Gasteiger partial charge in [0.25, 0.3) is 0 Å². The first kappa shape index (κ1) is 26.1. The quantitative estimate of drug-likeness (QED) is 0.341. The predicted molar refractivity (Wildman–Crippen MR) is 72.7 cm³/mol. The largest absolute Gasteiger partial charge is 0.512 e. The number of carbonyl (C=O) groups is 2. The fourth-order valence-corrected chi connectivity index (χ4v) is 1.50. The molecule has 0 aliphatic rings. The minimum Gasteiger partial charge on any atom is -0.428 e. The van der Waals surface area contributed by atoms with Crippen LogP contribution in [0.15, 0.2) is 0 Å². The molecule has 1 unspecified atom stereocenters. The molecule has 0 aliphatic heterocycles. The highest BCUT2D eigenvalue weighted by Crippen LogP contribution is 2.50. The zero-order valence-corrected chi connectivity index (χ0v) is 15.2. The molecular formula is C14H17F9O5. The summed E-state index contributed by atoms with van der Waals surface area (Å²) in [5, 5.41) is 0. The number of ether oxygens (including phenoxy) is 3. The molecule has 0 saturated carbocycles. The van der Waals surface area contributed by atoms with Crippen molar-refractivity contribution in [1.29, 1.82) is 0 Å². The Labute approximate surface area is 153 Å². The molecule has 166 valence electrons. The highest BCUT2D eigenvalue weighted by atomic mass is 19.4. The first-order valence-electron chi connectivity index (χ1n) is 7.39. The lowest BCUT2D eigenvalue weighted by atomic mass is 9.87. The molecule has 0 aliphatic carbocycles. The van der Waals surface area contributed by atoms with Gasteiger partial charge in [-0.2, -0.15) is 39.5 Å². The third-order valence-corrected chi connectivity index (χ3v) is 3.38. The molecule has 0 amide bonds. The van der Waals surface area contributed by atoms with Gasteiger partial charge in [0.1, 0.15) is 5.60 Å². The molecule has 0 heterocycles. The molecule has 28 heavy (non-hydrogen) atoms. The molecule has 0 aromatic rings. The average Bonchev–Trinajstić information content (AvgIpc) is 2.39. The van der Waals surface area contributed by atoms with Gasteiger partial charge in [0.2, 0.25) is 0 Å². The van der Waals surface area contributed by atoms with E-state index in [0.717, 1.165) is 20.8 Å². The van der Waals surface area contributed by atoms with E-state index in [9.17, 15) is 49.1 Å². The lowest BCUT2D eigenvalue weighted by Gasteiger charge is -2.38. The number of alkyl halides is 9. The van der Waals surface area contributed by atoms with Gasteiger partial charge in [-0.3, -0.25) is 4.79 Å². The van der Waals surface area contributed by atoms with Crippen LogP contribution < -0.4 is 0 Å². The van der Waals surface area contributed by atoms with Gasteiger partial charge in [0.15, 0.2) is 5.41 Å². The summed E-state index contributed by atoms with van der Waals surface area (Å²) in [4.78, 5) is 23.2. The zero-order valence-electron chi connectivity index (χ0n) is 15.2. The molecule has 0 radical (unpaired) electrons. The van der Waals surface area contributed by atoms with Crippen molar-refractivity contribution in [3.8, 4) is 0 Å². The monoisotopic (exact) mass is 436 g/mol. The van der Waals surface area contributed by atoms with Gasteiger partial charge in [-0.05, 0) is 34.1 Å². The standard InChI is InChI=1S/C14H17F9O5/c1-6-10(5,12(15,16)17)7(24)26-11(13(18,19)20,14(21,22)23)28-8(25)27-9(2,3)4/h6H2,1-5H3. The molecule has 0 aromatic heterocycles. The molecular weight excluding hydrogens is 419 g/mol. The Balaban J connectivity index is 6.35. The fraction of sp³-hybridized carbons (Fsp3) is 0.857. The Kier molecular flexibility index (Phi) is 7.00. The Bertz CT molecular complexity index is 572. The van der Waals surface area contributed by atoms with E-state index in [1.807, 2.05) is 0 Å². The normalized spacial score (nSPS) is 16.2. The average molecular weight is 436 g/mol. The van der Waals surface area contributed by atoms with Gasteiger partial charge < -0.3 is 14.2 Å². The van der Waals surface area contributed by atoms with Crippen molar-refractivity contribution in [3.05, 3.63) is 0 Å². The van der Waals surface area contributed by atoms with E-state index in [-0.39, 0.29) is 6.92 Å². The molecule has 0 N–H and O–H groups in total. The number of rotatable bonds is 4. The molecule has 0 aromatic carbocycles. The van der Waals surface area contributed by atoms with Crippen molar-refractivity contribution >= 4 is 12.1 Å². The summed E-state index contributed by atoms with van der Waals surface area (Å²) in [7, 11) is 0. The highest BCUT2D eigenvalue weighted by molar-refractivity contribution is 5.78. The van der Waals surface area contributed by atoms with Gasteiger partial charge in [-0.1, -0.05) is 6.92 Å². The van der Waals surface area contributed by atoms with Crippen LogP contribution in [0, 0.1) is 5.41 Å². The van der Waals surface area contributed by atoms with E-state index < -0.39 is 53.9 Å². The van der Waals surface area contributed by atoms with E-state index in [2.05, 4.69) is 14.2 Å². The third-order valence-electron chi connectivity index (χ3n) is 3.38. The molecule has 0 fully saturated rings. The molecule has 14 heteroatoms. The summed E-state index contributed by atoms with van der Waals surface area (Å²) in [6.45, 7) is 3.90. The lowest BCUT2D eigenvalue weighted by Crippen LogP contribution is -2.64. The second kappa shape index (κ2) is 7.50. The first-order chi connectivity index (χ1) is 12.0. The zero-order chi connectivity index (χ0) is 23.0. The molecule has 1 atom stereocenters. The van der Waals surface area contributed by atoms with E-state index in [0.29, 0.717) is 6.92 Å². The fourth-order valence-electron chi connectivity index (χ4n) is 1.50. The van der Waals surface area contributed by atoms with Crippen LogP contribution in [0.1, 0.15) is 41.0 Å². The lowest BCUT2D eigenvalue weighted by molar-refractivity contribution is -0.446. The Morgan fingerprint density at radius 3 is 1.32 bits per heavy atom. The van der Waals surface area contributed by atoms with Crippen molar-refractivity contribution in [2.75, 3.05) is 0 Å². The summed E-state index contributed by atoms with van der Waals surface area (Å²) in [6.07, 6.45) is -22.8. The Morgan fingerprint density at radius 2 is 1.07 bits per heavy atom. The number of carbonyl (C=O) groups excluding carboxylic acids is 2. The van der Waals surface area contributed by atoms with E-state index in [1.165, 1.54) is 0 Å². The highest BCUT2D eigenvalue weighted by Gasteiger charge is 2.80. The molecule has 5 nitrogen and oxygen atoms in total. The van der Waals surface area contributed by atoms with E-state index in [4.69, 9.17) is 0 Å². The van der Waals surface area contributed by atoms with Crippen LogP contribution in [0.3, 0.4) is 0 Å². The Morgan fingerprint density at radius 1 is 0.679 bits per heavy atom. The topological polar surface area (TPSA) is 61.8 Å². The van der Waals surface area contributed by atoms with Crippen LogP contribution in [0.4, 0.5) is 44.3 Å². The molecule has 0 spiro atoms. The van der Waals surface area contributed by atoms with Crippen LogP contribution in [-0.2, 0) is 19.0 Å². The van der Waals surface area contributed by atoms with Crippen LogP contribution in [0.5, 0.6) is 0 Å². The van der Waals surface area contributed by atoms with Crippen molar-refractivity contribution in [2.45, 2.75) is 71.0 Å². The number of hydrogen-bond acceptors (Lipinski definition) is 5. The summed E-state index contributed by atoms with van der Waals surface area (Å²) >= 11 is 0. The summed E-state index contributed by atoms with van der Waals surface area (Å²) in [5.41, 5.74) is -5.38. The summed E-state index contributed by atoms with van der Waals surface area (Å²) in [6, 6.07) is 0. The van der Waals surface area contributed by atoms with Crippen LogP contribution in [0.2, 0.25) is 0 Å². The van der Waals surface area contributed by atoms with E-state index >= 15 is 0 Å². The summed E-state index contributed by atoms with van der Waals surface area (Å²) < 4.78 is 129. The summed E-state index contributed by atoms with van der Waals surface area (Å²) in [5.74, 6) is -8.96. The third kappa shape index (κ3) is 5.34. The predicted octanol–water partition coefficient (Wildman–Crippen LogP) is 5.28. The molecule has 0 bridgehead atoms. The van der Waals surface area contributed by atoms with Gasteiger partial charge in [-0.25, -0.2) is 4.79 Å². The van der Waals surface area contributed by atoms with Crippen molar-refractivity contribution in [1.82, 2.24) is 0 Å². The van der Waals surface area contributed by atoms with E-state index in [1.54, 1.807) is 0 Å². The number of esters is 1. The Hall–Kier alpha value is -1.89. The van der Waals surface area contributed by atoms with Gasteiger partial charge in [0.05, 0.1) is 0 Å². The smallest absolute Gasteiger partial charge is 0.428 e. The number of halogens is 9. The maximum Gasteiger partial charge on any atom is 0.512 e. The molecule has 0 rings (SSSR count). The first-order valence-corrected chi connectivity index (χ1v) is 7.39. The van der Waals surface area contributed by atoms with Crippen molar-refractivity contribution < 1.29 is 63.3 Å². The second-order valence-electron chi connectivity index (χ2n) is 6.75. The van der Waals surface area contributed by atoms with Crippen LogP contribution in [-0.4, -0.2) is 42.0 Å². The second-order valence-corrected chi connectivity index (χ2v) is 6.75. The SMILES string of the molecule is CCC(C)(C(=O)OC(OC(=O)OC(C)(C)C)(C(F)(F)F)C(F)(F)F)C(F)(F)F. The minimum atomic E-state index is -6.68. The van der Waals surface area contributed by atoms with Crippen LogP contribution >= 0.6 is 0 Å². The van der Waals surface area contributed by atoms with Gasteiger partial charge in [-0.15, -0.1) is 0 Å².